The number of barbiturate groups is 1. The zero-order valence-corrected chi connectivity index (χ0v) is 10.1. The Bertz CT molecular complexity index is 410. The third-order valence-electron chi connectivity index (χ3n) is 4.00. The van der Waals surface area contributed by atoms with Crippen LogP contribution in [0.2, 0.25) is 0 Å². The number of urea groups is 1. The van der Waals surface area contributed by atoms with E-state index in [2.05, 4.69) is 5.32 Å². The molecule has 2 saturated heterocycles. The summed E-state index contributed by atoms with van der Waals surface area (Å²) in [5.41, 5.74) is -0.926. The number of ether oxygens (including phenoxy) is 1. The Kier molecular flexibility index (Phi) is 2.62. The molecule has 6 heteroatoms. The molecule has 0 aromatic carbocycles. The van der Waals surface area contributed by atoms with E-state index in [1.807, 2.05) is 0 Å². The van der Waals surface area contributed by atoms with Crippen molar-refractivity contribution in [3.8, 4) is 0 Å². The van der Waals surface area contributed by atoms with Crippen LogP contribution >= 0.6 is 0 Å². The minimum absolute atomic E-state index is 0.137. The summed E-state index contributed by atoms with van der Waals surface area (Å²) in [4.78, 5) is 36.6. The van der Waals surface area contributed by atoms with Gasteiger partial charge in [0.2, 0.25) is 11.8 Å². The second-order valence-electron chi connectivity index (χ2n) is 5.22. The molecule has 1 unspecified atom stereocenters. The summed E-state index contributed by atoms with van der Waals surface area (Å²) < 4.78 is 5.47. The average molecular weight is 252 g/mol. The minimum atomic E-state index is -0.926. The van der Waals surface area contributed by atoms with Gasteiger partial charge >= 0.3 is 6.03 Å². The maximum atomic E-state index is 12.1. The van der Waals surface area contributed by atoms with Gasteiger partial charge in [0, 0.05) is 13.2 Å². The summed E-state index contributed by atoms with van der Waals surface area (Å²) in [5.74, 6) is -0.750. The van der Waals surface area contributed by atoms with E-state index in [-0.39, 0.29) is 12.0 Å². The molecule has 0 bridgehead atoms. The van der Waals surface area contributed by atoms with Crippen molar-refractivity contribution in [3.63, 3.8) is 0 Å². The van der Waals surface area contributed by atoms with E-state index in [1.165, 1.54) is 4.90 Å². The number of nitrogens with one attached hydrogen (secondary N) is 1. The van der Waals surface area contributed by atoms with Crippen molar-refractivity contribution in [2.75, 3.05) is 13.2 Å². The maximum absolute atomic E-state index is 12.1. The van der Waals surface area contributed by atoms with Crippen molar-refractivity contribution in [2.45, 2.75) is 38.2 Å². The molecule has 0 aromatic heterocycles. The molecule has 0 radical (unpaired) electrons. The van der Waals surface area contributed by atoms with E-state index in [4.69, 9.17) is 4.74 Å². The molecule has 6 nitrogen and oxygen atoms in total. The molecule has 1 saturated carbocycles. The number of carbonyl (C=O) groups is 3. The highest BCUT2D eigenvalue weighted by Gasteiger charge is 2.62. The summed E-state index contributed by atoms with van der Waals surface area (Å²) in [6, 6.07) is -0.583. The predicted octanol–water partition coefficient (Wildman–Crippen LogP) is 0.414. The summed E-state index contributed by atoms with van der Waals surface area (Å²) in [6.07, 6.45) is 3.92. The first kappa shape index (κ1) is 11.6. The van der Waals surface area contributed by atoms with E-state index in [1.54, 1.807) is 0 Å². The number of hydrogen-bond acceptors (Lipinski definition) is 4. The summed E-state index contributed by atoms with van der Waals surface area (Å²) in [6.45, 7) is 1.09. The third kappa shape index (κ3) is 1.71. The first-order chi connectivity index (χ1) is 8.63. The molecular weight excluding hydrogens is 236 g/mol. The highest BCUT2D eigenvalue weighted by molar-refractivity contribution is 6.20. The lowest BCUT2D eigenvalue weighted by molar-refractivity contribution is -0.144. The van der Waals surface area contributed by atoms with Crippen LogP contribution < -0.4 is 5.32 Å². The van der Waals surface area contributed by atoms with Gasteiger partial charge in [-0.1, -0.05) is 0 Å². The van der Waals surface area contributed by atoms with Crippen LogP contribution in [0.3, 0.4) is 0 Å². The third-order valence-corrected chi connectivity index (χ3v) is 4.00. The SMILES string of the molecule is O=C1NC(=O)C2(CC2)C(=O)N1CCC1CCCO1. The predicted molar refractivity (Wildman–Crippen MR) is 60.5 cm³/mol. The van der Waals surface area contributed by atoms with Crippen molar-refractivity contribution < 1.29 is 19.1 Å². The van der Waals surface area contributed by atoms with Crippen LogP contribution in [-0.2, 0) is 14.3 Å². The van der Waals surface area contributed by atoms with E-state index < -0.39 is 17.4 Å². The summed E-state index contributed by atoms with van der Waals surface area (Å²) in [7, 11) is 0. The van der Waals surface area contributed by atoms with Crippen LogP contribution in [-0.4, -0.2) is 42.0 Å². The fraction of sp³-hybridized carbons (Fsp3) is 0.750. The van der Waals surface area contributed by atoms with Gasteiger partial charge in [0.15, 0.2) is 0 Å². The van der Waals surface area contributed by atoms with Gasteiger partial charge in [-0.3, -0.25) is 19.8 Å². The highest BCUT2D eigenvalue weighted by Crippen LogP contribution is 2.49. The van der Waals surface area contributed by atoms with Crippen molar-refractivity contribution in [1.29, 1.82) is 0 Å². The second-order valence-corrected chi connectivity index (χ2v) is 5.22. The van der Waals surface area contributed by atoms with Crippen LogP contribution in [0.4, 0.5) is 4.79 Å². The lowest BCUT2D eigenvalue weighted by Crippen LogP contribution is -2.59. The molecule has 2 heterocycles. The number of carbonyl (C=O) groups excluding carboxylic acids is 3. The van der Waals surface area contributed by atoms with Gasteiger partial charge in [0.25, 0.3) is 0 Å². The Morgan fingerprint density at radius 1 is 1.33 bits per heavy atom. The lowest BCUT2D eigenvalue weighted by Gasteiger charge is -2.30. The van der Waals surface area contributed by atoms with Crippen LogP contribution in [0.5, 0.6) is 0 Å². The number of amides is 4. The number of nitrogens with zero attached hydrogens (tertiary/aromatic N) is 1. The number of rotatable bonds is 3. The van der Waals surface area contributed by atoms with E-state index >= 15 is 0 Å². The monoisotopic (exact) mass is 252 g/mol. The molecule has 2 aliphatic heterocycles. The van der Waals surface area contributed by atoms with Gasteiger partial charge < -0.3 is 4.74 Å². The van der Waals surface area contributed by atoms with Crippen molar-refractivity contribution >= 4 is 17.8 Å². The molecule has 3 aliphatic rings. The average Bonchev–Trinajstić information content (AvgIpc) is 2.99. The van der Waals surface area contributed by atoms with Gasteiger partial charge in [-0.25, -0.2) is 4.79 Å². The van der Waals surface area contributed by atoms with Gasteiger partial charge in [-0.2, -0.15) is 0 Å². The molecule has 1 atom stereocenters. The second kappa shape index (κ2) is 4.05. The Labute approximate surface area is 105 Å². The Morgan fingerprint density at radius 2 is 2.11 bits per heavy atom. The van der Waals surface area contributed by atoms with E-state index in [9.17, 15) is 14.4 Å². The fourth-order valence-electron chi connectivity index (χ4n) is 2.65. The fourth-order valence-corrected chi connectivity index (χ4v) is 2.65. The molecule has 0 aromatic rings. The largest absolute Gasteiger partial charge is 0.378 e. The van der Waals surface area contributed by atoms with Crippen LogP contribution in [0, 0.1) is 5.41 Å². The van der Waals surface area contributed by atoms with Crippen molar-refractivity contribution in [1.82, 2.24) is 10.2 Å². The zero-order valence-electron chi connectivity index (χ0n) is 10.1. The summed E-state index contributed by atoms with van der Waals surface area (Å²) in [5, 5.41) is 2.27. The Hall–Kier alpha value is -1.43. The maximum Gasteiger partial charge on any atom is 0.330 e. The molecule has 1 spiro atoms. The van der Waals surface area contributed by atoms with Gasteiger partial charge in [0.1, 0.15) is 5.41 Å². The number of imide groups is 2. The molecule has 3 fully saturated rings. The molecule has 1 N–H and O–H groups in total. The van der Waals surface area contributed by atoms with E-state index in [0.717, 1.165) is 19.4 Å². The van der Waals surface area contributed by atoms with Crippen LogP contribution in [0.1, 0.15) is 32.1 Å². The number of hydrogen-bond donors (Lipinski definition) is 1. The Balaban J connectivity index is 1.65. The van der Waals surface area contributed by atoms with Crippen LogP contribution in [0.25, 0.3) is 0 Å². The standard InChI is InChI=1S/C12H16N2O4/c15-9-12(4-5-12)10(16)14(11(17)13-9)6-3-8-2-1-7-18-8/h8H,1-7H2,(H,13,15,17). The topological polar surface area (TPSA) is 75.7 Å². The normalized spacial score (nSPS) is 29.9. The first-order valence-corrected chi connectivity index (χ1v) is 6.42. The molecule has 18 heavy (non-hydrogen) atoms. The molecule has 1 aliphatic carbocycles. The quantitative estimate of drug-likeness (QED) is 0.738. The molecular formula is C12H16N2O4. The smallest absolute Gasteiger partial charge is 0.330 e. The van der Waals surface area contributed by atoms with Gasteiger partial charge in [0.05, 0.1) is 6.10 Å². The molecule has 98 valence electrons. The minimum Gasteiger partial charge on any atom is -0.378 e. The van der Waals surface area contributed by atoms with Crippen molar-refractivity contribution in [2.24, 2.45) is 5.41 Å². The van der Waals surface area contributed by atoms with Crippen molar-refractivity contribution in [3.05, 3.63) is 0 Å². The van der Waals surface area contributed by atoms with Gasteiger partial charge in [-0.05, 0) is 32.1 Å². The zero-order chi connectivity index (χ0) is 12.8. The molecule has 4 amide bonds. The van der Waals surface area contributed by atoms with Gasteiger partial charge in [-0.15, -0.1) is 0 Å². The lowest BCUT2D eigenvalue weighted by atomic mass is 10.0. The molecule has 3 rings (SSSR count). The van der Waals surface area contributed by atoms with Crippen LogP contribution in [0.15, 0.2) is 0 Å². The Morgan fingerprint density at radius 3 is 2.72 bits per heavy atom. The van der Waals surface area contributed by atoms with E-state index in [0.29, 0.717) is 25.8 Å². The first-order valence-electron chi connectivity index (χ1n) is 6.42. The summed E-state index contributed by atoms with van der Waals surface area (Å²) >= 11 is 0. The highest BCUT2D eigenvalue weighted by atomic mass is 16.5.